The highest BCUT2D eigenvalue weighted by atomic mass is 32.2. The van der Waals surface area contributed by atoms with Gasteiger partial charge >= 0.3 is 24.1 Å². The molecule has 135 heavy (non-hydrogen) atoms. The summed E-state index contributed by atoms with van der Waals surface area (Å²) in [5, 5.41) is 61.7. The molecular weight excluding hydrogens is 1830 g/mol. The molecule has 17 rings (SSSR count). The van der Waals surface area contributed by atoms with Crippen LogP contribution in [-0.4, -0.2) is 267 Å². The van der Waals surface area contributed by atoms with Gasteiger partial charge in [0.1, 0.15) is 22.8 Å². The molecule has 0 unspecified atom stereocenters. The van der Waals surface area contributed by atoms with Gasteiger partial charge in [0, 0.05) is 136 Å². The fourth-order valence-electron chi connectivity index (χ4n) is 19.1. The van der Waals surface area contributed by atoms with Gasteiger partial charge in [-0.05, 0) is 250 Å². The zero-order valence-corrected chi connectivity index (χ0v) is 79.8. The fraction of sp³-hybridized carbons (Fsp3) is 0.506. The van der Waals surface area contributed by atoms with Gasteiger partial charge in [0.25, 0.3) is 63.7 Å². The van der Waals surface area contributed by atoms with Crippen molar-refractivity contribution in [1.29, 1.82) is 0 Å². The van der Waals surface area contributed by atoms with Crippen LogP contribution in [0, 0.1) is 0 Å². The minimum Gasteiger partial charge on any atom is -0.396 e. The first-order chi connectivity index (χ1) is 64.4. The van der Waals surface area contributed by atoms with Crippen LogP contribution in [0.2, 0.25) is 0 Å². The number of likely N-dealkylation sites (N-methyl/N-ethyl adjacent to an activating group) is 1. The topological polar surface area (TPSA) is 553 Å². The number of rotatable bonds is 29. The van der Waals surface area contributed by atoms with Gasteiger partial charge < -0.3 is 70.8 Å². The molecule has 42 nitrogen and oxygen atoms in total. The summed E-state index contributed by atoms with van der Waals surface area (Å²) in [6.07, 6.45) is 23.1. The number of urea groups is 4. The Morgan fingerprint density at radius 3 is 0.830 bits per heavy atom. The number of hydrogen-bond donors (Lipinski definition) is 12. The van der Waals surface area contributed by atoms with E-state index in [0.717, 1.165) is 249 Å². The summed E-state index contributed by atoms with van der Waals surface area (Å²) in [7, 11) is -6.77. The van der Waals surface area contributed by atoms with E-state index in [-0.39, 0.29) is 99.0 Å². The molecule has 0 radical (unpaired) electrons. The third-order valence-corrected chi connectivity index (χ3v) is 30.7. The normalized spacial score (nSPS) is 15.2. The van der Waals surface area contributed by atoms with Gasteiger partial charge in [-0.3, -0.25) is 37.9 Å². The summed E-state index contributed by atoms with van der Waals surface area (Å²) in [5.74, 6) is -1.90. The molecule has 1 fully saturated rings. The van der Waals surface area contributed by atoms with Crippen LogP contribution in [0.4, 0.5) is 41.9 Å². The number of aromatic nitrogens is 8. The minimum atomic E-state index is -4.36. The van der Waals surface area contributed by atoms with E-state index in [2.05, 4.69) is 70.6 Å². The number of sulfonamides is 4. The highest BCUT2D eigenvalue weighted by Crippen LogP contribution is 2.43. The number of ether oxygens (including phenoxy) is 2. The number of anilines is 4. The zero-order chi connectivity index (χ0) is 96.7. The summed E-state index contributed by atoms with van der Waals surface area (Å²) in [5.41, 5.74) is 21.6. The van der Waals surface area contributed by atoms with Crippen LogP contribution in [0.5, 0.6) is 0 Å². The number of hydrogen-bond acceptors (Lipinski definition) is 26. The predicted octanol–water partition coefficient (Wildman–Crippen LogP) is 4.06. The van der Waals surface area contributed by atoms with E-state index < -0.39 is 97.0 Å². The zero-order valence-electron chi connectivity index (χ0n) is 76.5. The monoisotopic (exact) mass is 1940 g/mol. The van der Waals surface area contributed by atoms with Crippen LogP contribution in [0.15, 0.2) is 68.6 Å². The second-order valence-electron chi connectivity index (χ2n) is 34.8. The van der Waals surface area contributed by atoms with Crippen LogP contribution in [0.25, 0.3) is 0 Å². The van der Waals surface area contributed by atoms with Gasteiger partial charge in [-0.2, -0.15) is 54.1 Å². The first kappa shape index (κ1) is 99.2. The van der Waals surface area contributed by atoms with Gasteiger partial charge in [0.15, 0.2) is 20.1 Å². The Morgan fingerprint density at radius 1 is 0.356 bits per heavy atom. The third kappa shape index (κ3) is 22.0. The predicted molar refractivity (Wildman–Crippen MR) is 492 cm³/mol. The summed E-state index contributed by atoms with van der Waals surface area (Å²) < 4.78 is 126. The number of fused-ring (bicyclic) bond motifs is 8. The average molecular weight is 1950 g/mol. The van der Waals surface area contributed by atoms with Crippen LogP contribution < -0.4 is 40.2 Å². The number of carbonyl (C=O) groups excluding carboxylic acids is 8. The second kappa shape index (κ2) is 42.2. The number of aliphatic hydroxyl groups is 4. The Kier molecular flexibility index (Phi) is 31.0. The first-order valence-electron chi connectivity index (χ1n) is 45.2. The first-order valence-corrected chi connectivity index (χ1v) is 51.2. The number of aryl methyl sites for hydroxylation is 12. The summed E-state index contributed by atoms with van der Waals surface area (Å²) in [6, 6.07) is 9.97. The molecular formula is C89H116N20O22S4. The molecule has 0 atom stereocenters. The summed E-state index contributed by atoms with van der Waals surface area (Å²) >= 11 is 0. The van der Waals surface area contributed by atoms with E-state index in [1.54, 1.807) is 14.1 Å². The van der Waals surface area contributed by atoms with E-state index in [1.807, 2.05) is 14.2 Å². The van der Waals surface area contributed by atoms with E-state index in [4.69, 9.17) is 24.8 Å². The lowest BCUT2D eigenvalue weighted by atomic mass is 9.99. The van der Waals surface area contributed by atoms with Gasteiger partial charge in [-0.15, -0.1) is 0 Å². The fourth-order valence-corrected chi connectivity index (χ4v) is 22.7. The van der Waals surface area contributed by atoms with Crippen LogP contribution in [0.3, 0.4) is 0 Å². The highest BCUT2D eigenvalue weighted by molar-refractivity contribution is 7.90. The lowest BCUT2D eigenvalue weighted by molar-refractivity contribution is -0.0470. The molecule has 9 aliphatic rings. The largest absolute Gasteiger partial charge is 0.396 e. The van der Waals surface area contributed by atoms with E-state index in [1.165, 1.54) is 115 Å². The highest BCUT2D eigenvalue weighted by Gasteiger charge is 2.38. The molecule has 0 saturated carbocycles. The van der Waals surface area contributed by atoms with Crippen molar-refractivity contribution in [1.82, 2.24) is 77.6 Å². The molecule has 4 aromatic carbocycles. The van der Waals surface area contributed by atoms with Crippen molar-refractivity contribution in [3.05, 3.63) is 160 Å². The Hall–Kier alpha value is -11.8. The van der Waals surface area contributed by atoms with Crippen molar-refractivity contribution in [2.75, 3.05) is 121 Å². The van der Waals surface area contributed by atoms with Crippen molar-refractivity contribution in [3.8, 4) is 0 Å². The number of carbonyl (C=O) groups is 8. The van der Waals surface area contributed by atoms with Gasteiger partial charge in [-0.25, -0.2) is 38.1 Å². The Balaban J connectivity index is 0.000000144. The maximum absolute atomic E-state index is 12.9. The molecule has 12 N–H and O–H groups in total. The van der Waals surface area contributed by atoms with Gasteiger partial charge in [0.05, 0.1) is 45.7 Å². The van der Waals surface area contributed by atoms with E-state index in [9.17, 15) is 77.1 Å². The molecule has 0 spiro atoms. The third-order valence-electron chi connectivity index (χ3n) is 25.9. The lowest BCUT2D eigenvalue weighted by Crippen LogP contribution is -2.49. The van der Waals surface area contributed by atoms with Crippen molar-refractivity contribution in [2.45, 2.75) is 187 Å². The van der Waals surface area contributed by atoms with E-state index >= 15 is 0 Å². The number of methoxy groups -OCH3 is 1. The van der Waals surface area contributed by atoms with E-state index in [0.29, 0.717) is 26.2 Å². The van der Waals surface area contributed by atoms with Crippen LogP contribution >= 0.6 is 0 Å². The SMILES string of the molecule is CN(C(=O)c1cc(S(=O)(=O)NC(=O)Nc2c3c(cc4c2CCC4)CCC3)nn1C)C1COC1.CN(CCCO)C(=O)c1cc(S(=O)(=O)NC(=O)Nc2c3c(cc4c2CCC4)CCC3)nn1C.COCCN(CCO)C(=O)c1cc(S(=O)(=O)NC(=O)Nc2c3c(cc4c2CCC4)CCC3)nn1C.Cn1nc(S(=O)(=O)NC(=O)Nc2c3c(cc4c2CCC4)CCC3)cc1C(=O)N(CCO)CCO. The molecule has 728 valence electrons. The van der Waals surface area contributed by atoms with Crippen molar-refractivity contribution in [3.63, 3.8) is 0 Å². The number of nitrogens with zero attached hydrogens (tertiary/aromatic N) is 12. The van der Waals surface area contributed by atoms with Crippen molar-refractivity contribution >= 4 is 111 Å². The minimum absolute atomic E-state index is 0.00837. The number of benzene rings is 4. The molecule has 46 heteroatoms. The Morgan fingerprint density at radius 2 is 0.600 bits per heavy atom. The number of amides is 12. The van der Waals surface area contributed by atoms with Crippen molar-refractivity contribution in [2.24, 2.45) is 28.2 Å². The van der Waals surface area contributed by atoms with Gasteiger partial charge in [0.2, 0.25) is 0 Å². The van der Waals surface area contributed by atoms with Crippen LogP contribution in [-0.2, 0) is 180 Å². The standard InChI is InChI=1S/C23H31N5O6S.C22H29N5O6S.C22H27N5O5S.C22H29N5O5S/c1-27-19(22(30)28(9-11-29)10-12-34-2)14-20(25-27)35(32,33)26-23(31)24-21-17-7-3-5-15(17)13-16-6-4-8-18(16)21;1-26-18(21(30)27(8-10-28)9-11-29)13-19(24-26)34(32,33)25-22(31)23-20-16-6-2-4-14(16)12-15-5-3-7-17(15)20;1-26(15-11-32-12-15)21(28)18-10-19(24-27(18)2)33(30,31)25-22(29)23-20-16-7-3-5-13(16)9-14-6-4-8-17(14)20;1-26(10-5-11-28)21(29)18-13-19(24-27(18)2)33(31,32)25-22(30)23-20-16-8-3-6-14(16)12-15-7-4-9-17(15)20/h13-14,29H,3-12H2,1-2H3,(H2,24,26,31);12-13,28-29H,2-11H2,1H3,(H2,23,25,31);9-10,15H,3-8,11-12H2,1-2H3,(H2,23,25,29);12-13,28H,3-11H2,1-2H3,(H2,23,25,30). The second-order valence-corrected chi connectivity index (χ2v) is 41.3. The summed E-state index contributed by atoms with van der Waals surface area (Å²) in [6.45, 7) is 0.725. The molecule has 12 amide bonds. The Labute approximate surface area is 782 Å². The molecule has 4 aromatic heterocycles. The number of aliphatic hydroxyl groups excluding tert-OH is 4. The van der Waals surface area contributed by atoms with Crippen LogP contribution in [0.1, 0.15) is 189 Å². The maximum Gasteiger partial charge on any atom is 0.333 e. The Bertz CT molecular complexity index is 6310. The molecule has 0 bridgehead atoms. The quantitative estimate of drug-likeness (QED) is 0.0314. The molecule has 5 heterocycles. The molecule has 8 aliphatic carbocycles. The summed E-state index contributed by atoms with van der Waals surface area (Å²) in [4.78, 5) is 107. The van der Waals surface area contributed by atoms with Gasteiger partial charge in [-0.1, -0.05) is 24.3 Å². The lowest BCUT2D eigenvalue weighted by Gasteiger charge is -2.34. The number of nitrogens with one attached hydrogen (secondary N) is 8. The average Bonchev–Trinajstić information content (AvgIpc) is 1.62. The van der Waals surface area contributed by atoms with Crippen molar-refractivity contribution < 1.29 is 102 Å². The molecule has 1 saturated heterocycles. The molecule has 8 aromatic rings. The smallest absolute Gasteiger partial charge is 0.333 e. The maximum atomic E-state index is 12.9. The molecule has 1 aliphatic heterocycles.